The first-order valence-electron chi connectivity index (χ1n) is 3.52. The predicted molar refractivity (Wildman–Crippen MR) is 41.7 cm³/mol. The first kappa shape index (κ1) is 8.93. The fourth-order valence-electron chi connectivity index (χ4n) is 0.789. The molecule has 0 bridgehead atoms. The molecule has 4 heteroatoms. The van der Waals surface area contributed by atoms with Crippen molar-refractivity contribution < 1.29 is 14.2 Å². The quantitative estimate of drug-likeness (QED) is 0.740. The van der Waals surface area contributed by atoms with Crippen LogP contribution in [0.1, 0.15) is 11.8 Å². The van der Waals surface area contributed by atoms with Crippen LogP contribution in [-0.4, -0.2) is 23.9 Å². The second-order valence-corrected chi connectivity index (χ2v) is 2.29. The van der Waals surface area contributed by atoms with Crippen LogP contribution in [0.2, 0.25) is 0 Å². The van der Waals surface area contributed by atoms with Crippen molar-refractivity contribution in [3.8, 4) is 5.75 Å². The molecule has 1 aromatic heterocycles. The molecule has 12 heavy (non-hydrogen) atoms. The molecular formula is C8H10FNO2. The van der Waals surface area contributed by atoms with Crippen molar-refractivity contribution in [2.45, 2.75) is 6.10 Å². The molecule has 0 amide bonds. The van der Waals surface area contributed by atoms with Crippen molar-refractivity contribution in [2.75, 3.05) is 13.8 Å². The van der Waals surface area contributed by atoms with Gasteiger partial charge in [0.15, 0.2) is 0 Å². The Hall–Kier alpha value is -1.16. The summed E-state index contributed by atoms with van der Waals surface area (Å²) in [4.78, 5) is 3.81. The van der Waals surface area contributed by atoms with Crippen LogP contribution in [0.4, 0.5) is 4.39 Å². The highest BCUT2D eigenvalue weighted by Gasteiger charge is 2.07. The molecule has 1 heterocycles. The van der Waals surface area contributed by atoms with E-state index in [0.717, 1.165) is 0 Å². The SMILES string of the molecule is COc1ccc(C(O)CF)nc1. The van der Waals surface area contributed by atoms with Gasteiger partial charge in [0.1, 0.15) is 18.5 Å². The van der Waals surface area contributed by atoms with Gasteiger partial charge in [0.05, 0.1) is 19.0 Å². The van der Waals surface area contributed by atoms with E-state index in [0.29, 0.717) is 11.4 Å². The van der Waals surface area contributed by atoms with Crippen molar-refractivity contribution in [3.63, 3.8) is 0 Å². The smallest absolute Gasteiger partial charge is 0.137 e. The monoisotopic (exact) mass is 171 g/mol. The summed E-state index contributed by atoms with van der Waals surface area (Å²) in [5.74, 6) is 0.588. The van der Waals surface area contributed by atoms with E-state index in [2.05, 4.69) is 4.98 Å². The third kappa shape index (κ3) is 1.92. The highest BCUT2D eigenvalue weighted by Crippen LogP contribution is 2.14. The minimum absolute atomic E-state index is 0.318. The summed E-state index contributed by atoms with van der Waals surface area (Å²) in [6, 6.07) is 3.16. The topological polar surface area (TPSA) is 42.4 Å². The predicted octanol–water partition coefficient (Wildman–Crippen LogP) is 1.09. The fourth-order valence-corrected chi connectivity index (χ4v) is 0.789. The van der Waals surface area contributed by atoms with E-state index in [4.69, 9.17) is 9.84 Å². The summed E-state index contributed by atoms with van der Waals surface area (Å²) in [6.45, 7) is -0.820. The fraction of sp³-hybridized carbons (Fsp3) is 0.375. The Morgan fingerprint density at radius 3 is 2.83 bits per heavy atom. The van der Waals surface area contributed by atoms with Crippen LogP contribution in [0.5, 0.6) is 5.75 Å². The molecule has 0 fully saturated rings. The molecule has 0 aliphatic heterocycles. The number of hydrogen-bond acceptors (Lipinski definition) is 3. The Kier molecular flexibility index (Phi) is 2.99. The van der Waals surface area contributed by atoms with Gasteiger partial charge < -0.3 is 9.84 Å². The lowest BCUT2D eigenvalue weighted by Gasteiger charge is -2.05. The zero-order chi connectivity index (χ0) is 8.97. The van der Waals surface area contributed by atoms with Crippen LogP contribution in [0.25, 0.3) is 0 Å². The molecule has 0 aromatic carbocycles. The Bertz CT molecular complexity index is 237. The number of halogens is 1. The number of ether oxygens (including phenoxy) is 1. The van der Waals surface area contributed by atoms with Crippen LogP contribution in [-0.2, 0) is 0 Å². The number of aromatic nitrogens is 1. The van der Waals surface area contributed by atoms with E-state index in [-0.39, 0.29) is 0 Å². The van der Waals surface area contributed by atoms with E-state index >= 15 is 0 Å². The van der Waals surface area contributed by atoms with E-state index in [1.54, 1.807) is 6.07 Å². The first-order chi connectivity index (χ1) is 5.77. The van der Waals surface area contributed by atoms with Gasteiger partial charge in [0, 0.05) is 0 Å². The first-order valence-corrected chi connectivity index (χ1v) is 3.52. The van der Waals surface area contributed by atoms with Gasteiger partial charge in [-0.2, -0.15) is 0 Å². The number of methoxy groups -OCH3 is 1. The molecule has 1 atom stereocenters. The summed E-state index contributed by atoms with van der Waals surface area (Å²) in [7, 11) is 1.52. The number of nitrogens with zero attached hydrogens (tertiary/aromatic N) is 1. The van der Waals surface area contributed by atoms with Gasteiger partial charge in [-0.25, -0.2) is 4.39 Å². The molecule has 0 aliphatic carbocycles. The van der Waals surface area contributed by atoms with E-state index in [1.165, 1.54) is 19.4 Å². The molecule has 1 unspecified atom stereocenters. The van der Waals surface area contributed by atoms with Gasteiger partial charge in [-0.15, -0.1) is 0 Å². The number of alkyl halides is 1. The molecule has 0 spiro atoms. The highest BCUT2D eigenvalue weighted by molar-refractivity contribution is 5.20. The molecule has 0 radical (unpaired) electrons. The van der Waals surface area contributed by atoms with Gasteiger partial charge >= 0.3 is 0 Å². The molecule has 66 valence electrons. The van der Waals surface area contributed by atoms with Gasteiger partial charge in [-0.3, -0.25) is 4.98 Å². The molecule has 0 saturated heterocycles. The maximum atomic E-state index is 11.9. The maximum absolute atomic E-state index is 11.9. The van der Waals surface area contributed by atoms with Crippen molar-refractivity contribution >= 4 is 0 Å². The van der Waals surface area contributed by atoms with Crippen LogP contribution < -0.4 is 4.74 Å². The Morgan fingerprint density at radius 1 is 1.67 bits per heavy atom. The van der Waals surface area contributed by atoms with Crippen molar-refractivity contribution in [3.05, 3.63) is 24.0 Å². The van der Waals surface area contributed by atoms with Crippen LogP contribution in [0.15, 0.2) is 18.3 Å². The average Bonchev–Trinajstić information content (AvgIpc) is 2.17. The van der Waals surface area contributed by atoms with Gasteiger partial charge in [0.25, 0.3) is 0 Å². The third-order valence-corrected chi connectivity index (χ3v) is 1.48. The van der Waals surface area contributed by atoms with Crippen LogP contribution >= 0.6 is 0 Å². The lowest BCUT2D eigenvalue weighted by atomic mass is 10.2. The molecule has 1 N–H and O–H groups in total. The molecule has 1 aromatic rings. The van der Waals surface area contributed by atoms with E-state index < -0.39 is 12.8 Å². The third-order valence-electron chi connectivity index (χ3n) is 1.48. The Morgan fingerprint density at radius 2 is 2.42 bits per heavy atom. The second kappa shape index (κ2) is 4.01. The van der Waals surface area contributed by atoms with Gasteiger partial charge in [0.2, 0.25) is 0 Å². The number of hydrogen-bond donors (Lipinski definition) is 1. The minimum Gasteiger partial charge on any atom is -0.495 e. The lowest BCUT2D eigenvalue weighted by molar-refractivity contribution is 0.137. The number of aliphatic hydroxyl groups excluding tert-OH is 1. The Labute approximate surface area is 69.8 Å². The molecule has 1 rings (SSSR count). The largest absolute Gasteiger partial charge is 0.495 e. The van der Waals surface area contributed by atoms with Crippen molar-refractivity contribution in [1.82, 2.24) is 4.98 Å². The summed E-state index contributed by atoms with van der Waals surface area (Å²) < 4.78 is 16.8. The van der Waals surface area contributed by atoms with Crippen LogP contribution in [0, 0.1) is 0 Å². The normalized spacial score (nSPS) is 12.6. The standard InChI is InChI=1S/C8H10FNO2/c1-12-6-2-3-7(10-5-6)8(11)4-9/h2-3,5,8,11H,4H2,1H3. The highest BCUT2D eigenvalue weighted by atomic mass is 19.1. The molecule has 3 nitrogen and oxygen atoms in total. The van der Waals surface area contributed by atoms with E-state index in [1.807, 2.05) is 0 Å². The van der Waals surface area contributed by atoms with Crippen LogP contribution in [0.3, 0.4) is 0 Å². The Balaban J connectivity index is 2.77. The number of aliphatic hydroxyl groups is 1. The maximum Gasteiger partial charge on any atom is 0.137 e. The molecular weight excluding hydrogens is 161 g/mol. The average molecular weight is 171 g/mol. The summed E-state index contributed by atoms with van der Waals surface area (Å²) in [6.07, 6.45) is 0.310. The zero-order valence-electron chi connectivity index (χ0n) is 6.70. The second-order valence-electron chi connectivity index (χ2n) is 2.29. The molecule has 0 aliphatic rings. The van der Waals surface area contributed by atoms with Gasteiger partial charge in [-0.05, 0) is 12.1 Å². The van der Waals surface area contributed by atoms with E-state index in [9.17, 15) is 4.39 Å². The zero-order valence-corrected chi connectivity index (χ0v) is 6.70. The minimum atomic E-state index is -1.13. The van der Waals surface area contributed by atoms with Crippen molar-refractivity contribution in [1.29, 1.82) is 0 Å². The number of rotatable bonds is 3. The summed E-state index contributed by atoms with van der Waals surface area (Å²) in [5, 5.41) is 9.01. The van der Waals surface area contributed by atoms with Gasteiger partial charge in [-0.1, -0.05) is 0 Å². The van der Waals surface area contributed by atoms with Crippen molar-refractivity contribution in [2.24, 2.45) is 0 Å². The number of pyridine rings is 1. The lowest BCUT2D eigenvalue weighted by Crippen LogP contribution is -2.01. The summed E-state index contributed by atoms with van der Waals surface area (Å²) in [5.41, 5.74) is 0.318. The summed E-state index contributed by atoms with van der Waals surface area (Å²) >= 11 is 0. The molecule has 0 saturated carbocycles.